The van der Waals surface area contributed by atoms with E-state index in [4.69, 9.17) is 18.9 Å². The maximum absolute atomic E-state index is 11.9. The maximum atomic E-state index is 11.9. The molecule has 6 heteroatoms. The second-order valence-corrected chi connectivity index (χ2v) is 10.9. The SMILES string of the molecule is CCCCCCCO[C@@]1(N(C)CCCCC(=O)OCC)C[C@@H](OCc2ccccc2)C[C@H]1OCc1ccccc1. The Labute approximate surface area is 242 Å². The summed E-state index contributed by atoms with van der Waals surface area (Å²) in [5.74, 6) is -0.123. The molecule has 0 radical (unpaired) electrons. The second kappa shape index (κ2) is 18.2. The van der Waals surface area contributed by atoms with Gasteiger partial charge in [0.05, 0.1) is 25.9 Å². The molecule has 1 fully saturated rings. The summed E-state index contributed by atoms with van der Waals surface area (Å²) >= 11 is 0. The molecule has 3 rings (SSSR count). The van der Waals surface area contributed by atoms with Crippen LogP contribution in [0.4, 0.5) is 0 Å². The molecule has 0 heterocycles. The summed E-state index contributed by atoms with van der Waals surface area (Å²) in [5.41, 5.74) is 1.75. The first-order valence-electron chi connectivity index (χ1n) is 15.4. The highest BCUT2D eigenvalue weighted by molar-refractivity contribution is 5.69. The zero-order chi connectivity index (χ0) is 28.5. The number of carbonyl (C=O) groups is 1. The Bertz CT molecular complexity index is 940. The molecule has 1 saturated carbocycles. The lowest BCUT2D eigenvalue weighted by atomic mass is 10.1. The molecule has 0 aromatic heterocycles. The number of ether oxygens (including phenoxy) is 4. The molecule has 2 aromatic carbocycles. The third kappa shape index (κ3) is 10.6. The molecule has 222 valence electrons. The van der Waals surface area contributed by atoms with E-state index in [-0.39, 0.29) is 18.2 Å². The number of carbonyl (C=O) groups excluding carboxylic acids is 1. The highest BCUT2D eigenvalue weighted by Gasteiger charge is 2.52. The number of benzene rings is 2. The molecule has 0 amide bonds. The van der Waals surface area contributed by atoms with Crippen LogP contribution in [0.3, 0.4) is 0 Å². The third-order valence-electron chi connectivity index (χ3n) is 7.80. The molecular weight excluding hydrogens is 502 g/mol. The minimum atomic E-state index is -0.579. The number of nitrogens with zero attached hydrogens (tertiary/aromatic N) is 1. The van der Waals surface area contributed by atoms with E-state index < -0.39 is 5.72 Å². The summed E-state index contributed by atoms with van der Waals surface area (Å²) < 4.78 is 25.1. The molecule has 1 aliphatic carbocycles. The van der Waals surface area contributed by atoms with Crippen molar-refractivity contribution in [1.82, 2.24) is 4.90 Å². The highest BCUT2D eigenvalue weighted by Crippen LogP contribution is 2.41. The largest absolute Gasteiger partial charge is 0.466 e. The molecule has 0 spiro atoms. The fourth-order valence-corrected chi connectivity index (χ4v) is 5.51. The Balaban J connectivity index is 1.71. The summed E-state index contributed by atoms with van der Waals surface area (Å²) in [6, 6.07) is 20.7. The Morgan fingerprint density at radius 3 is 2.15 bits per heavy atom. The van der Waals surface area contributed by atoms with Crippen molar-refractivity contribution >= 4 is 5.97 Å². The molecule has 0 saturated heterocycles. The second-order valence-electron chi connectivity index (χ2n) is 10.9. The number of hydrogen-bond donors (Lipinski definition) is 0. The molecular formula is C34H51NO5. The fourth-order valence-electron chi connectivity index (χ4n) is 5.51. The van der Waals surface area contributed by atoms with Crippen LogP contribution in [0.25, 0.3) is 0 Å². The van der Waals surface area contributed by atoms with Crippen LogP contribution in [0.2, 0.25) is 0 Å². The van der Waals surface area contributed by atoms with Gasteiger partial charge in [-0.2, -0.15) is 0 Å². The summed E-state index contributed by atoms with van der Waals surface area (Å²) in [6.07, 6.45) is 9.52. The number of likely N-dealkylation sites (N-methyl/N-ethyl adjacent to an activating group) is 1. The van der Waals surface area contributed by atoms with Gasteiger partial charge >= 0.3 is 5.97 Å². The van der Waals surface area contributed by atoms with E-state index in [0.717, 1.165) is 44.2 Å². The molecule has 3 atom stereocenters. The summed E-state index contributed by atoms with van der Waals surface area (Å²) in [7, 11) is 2.14. The van der Waals surface area contributed by atoms with E-state index in [2.05, 4.69) is 67.4 Å². The summed E-state index contributed by atoms with van der Waals surface area (Å²) in [6.45, 7) is 7.15. The first-order chi connectivity index (χ1) is 19.6. The lowest BCUT2D eigenvalue weighted by Gasteiger charge is -2.43. The van der Waals surface area contributed by atoms with Gasteiger partial charge in [0.1, 0.15) is 11.8 Å². The van der Waals surface area contributed by atoms with Crippen LogP contribution in [-0.2, 0) is 37.0 Å². The molecule has 0 unspecified atom stereocenters. The smallest absolute Gasteiger partial charge is 0.305 e. The van der Waals surface area contributed by atoms with Gasteiger partial charge in [-0.25, -0.2) is 0 Å². The Hall–Kier alpha value is -2.25. The molecule has 1 aliphatic rings. The van der Waals surface area contributed by atoms with E-state index in [1.165, 1.54) is 31.2 Å². The molecule has 6 nitrogen and oxygen atoms in total. The average molecular weight is 554 g/mol. The van der Waals surface area contributed by atoms with Gasteiger partial charge in [0.25, 0.3) is 0 Å². The Kier molecular flexibility index (Phi) is 14.7. The van der Waals surface area contributed by atoms with Crippen LogP contribution in [-0.4, -0.2) is 55.6 Å². The van der Waals surface area contributed by atoms with Gasteiger partial charge in [0, 0.05) is 32.4 Å². The first-order valence-corrected chi connectivity index (χ1v) is 15.4. The monoisotopic (exact) mass is 553 g/mol. The Morgan fingerprint density at radius 2 is 1.50 bits per heavy atom. The van der Waals surface area contributed by atoms with Crippen LogP contribution < -0.4 is 0 Å². The lowest BCUT2D eigenvalue weighted by Crippen LogP contribution is -2.55. The number of esters is 1. The van der Waals surface area contributed by atoms with Crippen LogP contribution in [0.1, 0.15) is 89.2 Å². The van der Waals surface area contributed by atoms with E-state index in [0.29, 0.717) is 32.8 Å². The van der Waals surface area contributed by atoms with Crippen molar-refractivity contribution in [3.63, 3.8) is 0 Å². The van der Waals surface area contributed by atoms with Gasteiger partial charge in [-0.3, -0.25) is 9.69 Å². The van der Waals surface area contributed by atoms with Gasteiger partial charge in [0.2, 0.25) is 0 Å². The summed E-state index contributed by atoms with van der Waals surface area (Å²) in [4.78, 5) is 14.2. The Morgan fingerprint density at radius 1 is 0.850 bits per heavy atom. The minimum Gasteiger partial charge on any atom is -0.466 e. The van der Waals surface area contributed by atoms with Crippen molar-refractivity contribution in [3.05, 3.63) is 71.8 Å². The minimum absolute atomic E-state index is 0.0306. The normalized spacial score (nSPS) is 20.7. The van der Waals surface area contributed by atoms with Gasteiger partial charge in [-0.15, -0.1) is 0 Å². The first kappa shape index (κ1) is 32.3. The molecule has 0 aliphatic heterocycles. The van der Waals surface area contributed by atoms with Crippen molar-refractivity contribution in [2.45, 2.75) is 109 Å². The number of hydrogen-bond acceptors (Lipinski definition) is 6. The summed E-state index contributed by atoms with van der Waals surface area (Å²) in [5, 5.41) is 0. The van der Waals surface area contributed by atoms with Crippen LogP contribution in [0.5, 0.6) is 0 Å². The van der Waals surface area contributed by atoms with E-state index in [1.54, 1.807) is 0 Å². The van der Waals surface area contributed by atoms with Crippen molar-refractivity contribution < 1.29 is 23.7 Å². The standard InChI is InChI=1S/C34H51NO5/c1-4-6-7-8-17-24-40-34(35(3)23-16-15-22-33(36)37-5-2)26-31(38-27-29-18-11-9-12-19-29)25-32(34)39-28-30-20-13-10-14-21-30/h9-14,18-21,31-32H,4-8,15-17,22-28H2,1-3H3/t31-,32+,34-/m0/s1. The fraction of sp³-hybridized carbons (Fsp3) is 0.618. The zero-order valence-corrected chi connectivity index (χ0v) is 25.0. The third-order valence-corrected chi connectivity index (χ3v) is 7.80. The van der Waals surface area contributed by atoms with Crippen molar-refractivity contribution in [2.75, 3.05) is 26.8 Å². The predicted octanol–water partition coefficient (Wildman–Crippen LogP) is 7.30. The van der Waals surface area contributed by atoms with Gasteiger partial charge in [-0.1, -0.05) is 93.3 Å². The van der Waals surface area contributed by atoms with Gasteiger partial charge < -0.3 is 18.9 Å². The number of unbranched alkanes of at least 4 members (excludes halogenated alkanes) is 5. The molecule has 0 N–H and O–H groups in total. The molecule has 2 aromatic rings. The quantitative estimate of drug-likeness (QED) is 0.0974. The highest BCUT2D eigenvalue weighted by atomic mass is 16.6. The van der Waals surface area contributed by atoms with Crippen LogP contribution in [0.15, 0.2) is 60.7 Å². The van der Waals surface area contributed by atoms with E-state index >= 15 is 0 Å². The van der Waals surface area contributed by atoms with E-state index in [9.17, 15) is 4.79 Å². The van der Waals surface area contributed by atoms with Crippen molar-refractivity contribution in [1.29, 1.82) is 0 Å². The topological polar surface area (TPSA) is 57.2 Å². The van der Waals surface area contributed by atoms with Crippen LogP contribution >= 0.6 is 0 Å². The predicted molar refractivity (Wildman–Crippen MR) is 160 cm³/mol. The van der Waals surface area contributed by atoms with Crippen LogP contribution in [0, 0.1) is 0 Å². The molecule has 40 heavy (non-hydrogen) atoms. The number of rotatable bonds is 20. The van der Waals surface area contributed by atoms with Gasteiger partial charge in [0.15, 0.2) is 0 Å². The lowest BCUT2D eigenvalue weighted by molar-refractivity contribution is -0.211. The van der Waals surface area contributed by atoms with Crippen molar-refractivity contribution in [2.24, 2.45) is 0 Å². The van der Waals surface area contributed by atoms with Crippen molar-refractivity contribution in [3.8, 4) is 0 Å². The zero-order valence-electron chi connectivity index (χ0n) is 25.0. The van der Waals surface area contributed by atoms with E-state index in [1.807, 2.05) is 19.1 Å². The average Bonchev–Trinajstić information content (AvgIpc) is 3.34. The van der Waals surface area contributed by atoms with Gasteiger partial charge in [-0.05, 0) is 44.4 Å². The maximum Gasteiger partial charge on any atom is 0.305 e. The molecule has 0 bridgehead atoms.